The summed E-state index contributed by atoms with van der Waals surface area (Å²) >= 11 is 1.60. The number of nitrogens with one attached hydrogen (secondary N) is 1. The van der Waals surface area contributed by atoms with E-state index in [1.807, 2.05) is 30.5 Å². The van der Waals surface area contributed by atoms with Crippen LogP contribution in [0.1, 0.15) is 18.7 Å². The molecule has 1 unspecified atom stereocenters. The average molecular weight is 246 g/mol. The van der Waals surface area contributed by atoms with Crippen LogP contribution in [0.2, 0.25) is 0 Å². The fourth-order valence-corrected chi connectivity index (χ4v) is 1.84. The molecule has 0 saturated carbocycles. The van der Waals surface area contributed by atoms with Crippen molar-refractivity contribution in [2.24, 2.45) is 0 Å². The molecule has 0 aliphatic heterocycles. The summed E-state index contributed by atoms with van der Waals surface area (Å²) in [7, 11) is 0. The maximum Gasteiger partial charge on any atom is 0.130 e. The van der Waals surface area contributed by atoms with Crippen LogP contribution in [-0.2, 0) is 0 Å². The molecule has 1 N–H and O–H groups in total. The van der Waals surface area contributed by atoms with E-state index < -0.39 is 0 Å². The minimum atomic E-state index is 0.126. The average Bonchev–Trinajstić information content (AvgIpc) is 2.40. The lowest BCUT2D eigenvalue weighted by molar-refractivity contribution is 0.827. The van der Waals surface area contributed by atoms with E-state index >= 15 is 0 Å². The largest absolute Gasteiger partial charge is 0.362 e. The normalized spacial score (nSPS) is 12.1. The fraction of sp³-hybridized carbons (Fsp3) is 0.250. The Bertz CT molecular complexity index is 475. The summed E-state index contributed by atoms with van der Waals surface area (Å²) in [6.45, 7) is 2.06. The van der Waals surface area contributed by atoms with Gasteiger partial charge in [-0.25, -0.2) is 9.97 Å². The number of hydrogen-bond acceptors (Lipinski definition) is 5. The van der Waals surface area contributed by atoms with Gasteiger partial charge < -0.3 is 5.32 Å². The zero-order valence-electron chi connectivity index (χ0n) is 9.79. The highest BCUT2D eigenvalue weighted by Gasteiger charge is 2.07. The molecule has 0 amide bonds. The van der Waals surface area contributed by atoms with E-state index in [0.717, 1.165) is 16.5 Å². The number of hydrogen-bond donors (Lipinski definition) is 1. The van der Waals surface area contributed by atoms with Crippen molar-refractivity contribution in [2.75, 3.05) is 11.6 Å². The highest BCUT2D eigenvalue weighted by molar-refractivity contribution is 7.98. The van der Waals surface area contributed by atoms with Gasteiger partial charge in [-0.15, -0.1) is 11.8 Å². The summed E-state index contributed by atoms with van der Waals surface area (Å²) in [5, 5.41) is 4.26. The maximum absolute atomic E-state index is 4.31. The number of rotatable bonds is 4. The van der Waals surface area contributed by atoms with Crippen LogP contribution in [0.4, 0.5) is 5.82 Å². The predicted molar refractivity (Wildman–Crippen MR) is 70.1 cm³/mol. The second-order valence-corrected chi connectivity index (χ2v) is 4.39. The topological polar surface area (TPSA) is 50.7 Å². The van der Waals surface area contributed by atoms with Crippen molar-refractivity contribution < 1.29 is 0 Å². The molecule has 88 valence electrons. The van der Waals surface area contributed by atoms with Crippen LogP contribution in [0.5, 0.6) is 0 Å². The molecule has 0 radical (unpaired) electrons. The van der Waals surface area contributed by atoms with Gasteiger partial charge in [-0.2, -0.15) is 0 Å². The van der Waals surface area contributed by atoms with Gasteiger partial charge in [-0.05, 0) is 25.3 Å². The molecule has 0 aliphatic carbocycles. The first-order valence-electron chi connectivity index (χ1n) is 5.33. The smallest absolute Gasteiger partial charge is 0.130 e. The zero-order chi connectivity index (χ0) is 12.1. The Morgan fingerprint density at radius 1 is 1.24 bits per heavy atom. The minimum Gasteiger partial charge on any atom is -0.362 e. The number of nitrogens with zero attached hydrogens (tertiary/aromatic N) is 3. The van der Waals surface area contributed by atoms with Crippen molar-refractivity contribution >= 4 is 17.6 Å². The van der Waals surface area contributed by atoms with Crippen LogP contribution in [0.25, 0.3) is 0 Å². The monoisotopic (exact) mass is 246 g/mol. The summed E-state index contributed by atoms with van der Waals surface area (Å²) < 4.78 is 0. The molecular formula is C12H14N4S. The van der Waals surface area contributed by atoms with Crippen molar-refractivity contribution in [1.82, 2.24) is 15.0 Å². The molecule has 0 spiro atoms. The van der Waals surface area contributed by atoms with Crippen LogP contribution < -0.4 is 5.32 Å². The van der Waals surface area contributed by atoms with Gasteiger partial charge in [-0.1, -0.05) is 6.07 Å². The third-order valence-corrected chi connectivity index (χ3v) is 2.99. The molecule has 2 rings (SSSR count). The summed E-state index contributed by atoms with van der Waals surface area (Å²) in [4.78, 5) is 12.6. The number of thioether (sulfide) groups is 1. The van der Waals surface area contributed by atoms with Crippen molar-refractivity contribution in [1.29, 1.82) is 0 Å². The summed E-state index contributed by atoms with van der Waals surface area (Å²) in [6, 6.07) is 7.94. The van der Waals surface area contributed by atoms with E-state index in [9.17, 15) is 0 Å². The van der Waals surface area contributed by atoms with Crippen LogP contribution in [0.3, 0.4) is 0 Å². The Hall–Kier alpha value is -1.62. The number of anilines is 1. The summed E-state index contributed by atoms with van der Waals surface area (Å²) in [6.07, 6.45) is 5.36. The van der Waals surface area contributed by atoms with E-state index in [2.05, 4.69) is 27.2 Å². The lowest BCUT2D eigenvalue weighted by Crippen LogP contribution is -2.09. The van der Waals surface area contributed by atoms with E-state index in [-0.39, 0.29) is 6.04 Å². The van der Waals surface area contributed by atoms with E-state index in [4.69, 9.17) is 0 Å². The van der Waals surface area contributed by atoms with Gasteiger partial charge in [-0.3, -0.25) is 4.98 Å². The molecule has 0 fully saturated rings. The second kappa shape index (κ2) is 5.63. The Labute approximate surface area is 105 Å². The molecule has 0 bridgehead atoms. The van der Waals surface area contributed by atoms with Gasteiger partial charge in [0.15, 0.2) is 0 Å². The highest BCUT2D eigenvalue weighted by Crippen LogP contribution is 2.18. The minimum absolute atomic E-state index is 0.126. The molecule has 17 heavy (non-hydrogen) atoms. The molecule has 2 aromatic rings. The van der Waals surface area contributed by atoms with Crippen molar-refractivity contribution in [3.05, 3.63) is 42.5 Å². The molecule has 0 saturated heterocycles. The van der Waals surface area contributed by atoms with Crippen molar-refractivity contribution in [2.45, 2.75) is 18.0 Å². The van der Waals surface area contributed by atoms with Crippen LogP contribution in [0.15, 0.2) is 41.8 Å². The summed E-state index contributed by atoms with van der Waals surface area (Å²) in [5.41, 5.74) is 0.997. The number of aromatic nitrogens is 3. The lowest BCUT2D eigenvalue weighted by Gasteiger charge is -2.13. The van der Waals surface area contributed by atoms with Gasteiger partial charge >= 0.3 is 0 Å². The van der Waals surface area contributed by atoms with Gasteiger partial charge in [0.2, 0.25) is 0 Å². The first-order valence-corrected chi connectivity index (χ1v) is 6.55. The third kappa shape index (κ3) is 3.17. The zero-order valence-corrected chi connectivity index (χ0v) is 10.6. The molecule has 2 heterocycles. The van der Waals surface area contributed by atoms with Gasteiger partial charge in [0.25, 0.3) is 0 Å². The van der Waals surface area contributed by atoms with Crippen molar-refractivity contribution in [3.63, 3.8) is 0 Å². The lowest BCUT2D eigenvalue weighted by atomic mass is 10.2. The molecule has 0 aliphatic rings. The van der Waals surface area contributed by atoms with E-state index in [1.165, 1.54) is 0 Å². The van der Waals surface area contributed by atoms with Crippen LogP contribution in [0, 0.1) is 0 Å². The number of pyridine rings is 1. The molecule has 4 nitrogen and oxygen atoms in total. The molecule has 5 heteroatoms. The van der Waals surface area contributed by atoms with Crippen LogP contribution in [-0.4, -0.2) is 21.2 Å². The quantitative estimate of drug-likeness (QED) is 0.664. The molecule has 1 atom stereocenters. The first-order chi connectivity index (χ1) is 8.29. The third-order valence-electron chi connectivity index (χ3n) is 2.35. The van der Waals surface area contributed by atoms with Gasteiger partial charge in [0.05, 0.1) is 11.7 Å². The first kappa shape index (κ1) is 11.9. The standard InChI is InChI=1S/C12H14N4S/c1-9(10-5-3-4-6-13-10)16-11-7-12(17-2)15-8-14-11/h3-9H,1-2H3,(H,14,15,16). The molecule has 2 aromatic heterocycles. The predicted octanol–water partition coefficient (Wildman–Crippen LogP) is 2.77. The SMILES string of the molecule is CSc1cc(NC(C)c2ccccn2)ncn1. The highest BCUT2D eigenvalue weighted by atomic mass is 32.2. The molecule has 0 aromatic carbocycles. The van der Waals surface area contributed by atoms with Gasteiger partial charge in [0.1, 0.15) is 17.2 Å². The molecular weight excluding hydrogens is 232 g/mol. The van der Waals surface area contributed by atoms with Crippen molar-refractivity contribution in [3.8, 4) is 0 Å². The maximum atomic E-state index is 4.31. The van der Waals surface area contributed by atoms with Gasteiger partial charge in [0, 0.05) is 12.3 Å². The Kier molecular flexibility index (Phi) is 3.93. The van der Waals surface area contributed by atoms with Crippen LogP contribution >= 0.6 is 11.8 Å². The van der Waals surface area contributed by atoms with E-state index in [1.54, 1.807) is 24.3 Å². The van der Waals surface area contributed by atoms with E-state index in [0.29, 0.717) is 0 Å². The second-order valence-electron chi connectivity index (χ2n) is 3.57. The fourth-order valence-electron chi connectivity index (χ4n) is 1.46. The Morgan fingerprint density at radius 3 is 2.82 bits per heavy atom. The summed E-state index contributed by atoms with van der Waals surface area (Å²) in [5.74, 6) is 0.822. The Morgan fingerprint density at radius 2 is 2.12 bits per heavy atom. The Balaban J connectivity index is 2.10.